The van der Waals surface area contributed by atoms with Gasteiger partial charge >= 0.3 is 5.97 Å². The van der Waals surface area contributed by atoms with Crippen LogP contribution in [0.3, 0.4) is 0 Å². The van der Waals surface area contributed by atoms with Crippen LogP contribution in [0.1, 0.15) is 10.4 Å². The summed E-state index contributed by atoms with van der Waals surface area (Å²) in [5.74, 6) is -2.06. The third-order valence-electron chi connectivity index (χ3n) is 2.61. The largest absolute Gasteiger partial charge is 0.466 e. The van der Waals surface area contributed by atoms with Crippen LogP contribution in [0.2, 0.25) is 0 Å². The number of rotatable bonds is 3. The number of nitro benzene ring substituents is 1. The highest BCUT2D eigenvalue weighted by Gasteiger charge is 2.26. The number of nitro groups is 1. The number of carbonyl (C=O) groups excluding carboxylic acids is 3. The molecule has 0 aliphatic carbocycles. The summed E-state index contributed by atoms with van der Waals surface area (Å²) in [7, 11) is 1.16. The Bertz CT molecular complexity index is 771. The molecule has 0 unspecified atom stereocenters. The number of hydrogen-bond acceptors (Lipinski definition) is 7. The van der Waals surface area contributed by atoms with Gasteiger partial charge in [0.25, 0.3) is 17.5 Å². The van der Waals surface area contributed by atoms with Crippen LogP contribution in [-0.4, -0.2) is 35.0 Å². The zero-order chi connectivity index (χ0) is 17.0. The minimum absolute atomic E-state index is 0.00643. The number of hydrogen-bond donors (Lipinski definition) is 1. The van der Waals surface area contributed by atoms with Crippen LogP contribution in [0, 0.1) is 10.1 Å². The highest BCUT2D eigenvalue weighted by molar-refractivity contribution is 8.18. The first-order chi connectivity index (χ1) is 10.9. The molecule has 0 atom stereocenters. The lowest BCUT2D eigenvalue weighted by molar-refractivity contribution is -0.384. The molecule has 1 aliphatic rings. The summed E-state index contributed by atoms with van der Waals surface area (Å²) in [5, 5.41) is 13.0. The normalized spacial score (nSPS) is 17.2. The van der Waals surface area contributed by atoms with Gasteiger partial charge in [0.05, 0.1) is 16.9 Å². The van der Waals surface area contributed by atoms with Gasteiger partial charge in [-0.1, -0.05) is 6.07 Å². The highest BCUT2D eigenvalue weighted by Crippen LogP contribution is 2.24. The Hall–Kier alpha value is -3.01. The summed E-state index contributed by atoms with van der Waals surface area (Å²) < 4.78 is 4.40. The van der Waals surface area contributed by atoms with Gasteiger partial charge < -0.3 is 10.1 Å². The average molecular weight is 335 g/mol. The second-order valence-electron chi connectivity index (χ2n) is 4.12. The molecular weight excluding hydrogens is 326 g/mol. The number of nitrogens with one attached hydrogen (secondary N) is 1. The number of thioether (sulfide) groups is 1. The van der Waals surface area contributed by atoms with Gasteiger partial charge in [-0.25, -0.2) is 4.79 Å². The van der Waals surface area contributed by atoms with Crippen molar-refractivity contribution in [1.82, 2.24) is 5.32 Å². The molecule has 1 saturated heterocycles. The Balaban J connectivity index is 2.20. The van der Waals surface area contributed by atoms with Gasteiger partial charge in [-0.3, -0.25) is 19.7 Å². The molecule has 0 radical (unpaired) electrons. The van der Waals surface area contributed by atoms with Crippen molar-refractivity contribution in [2.45, 2.75) is 0 Å². The first kappa shape index (κ1) is 16.4. The molecular formula is C13H9N3O6S. The van der Waals surface area contributed by atoms with Crippen molar-refractivity contribution in [3.8, 4) is 0 Å². The van der Waals surface area contributed by atoms with Crippen molar-refractivity contribution in [3.63, 3.8) is 0 Å². The highest BCUT2D eigenvalue weighted by atomic mass is 32.2. The fraction of sp³-hybridized carbons (Fsp3) is 0.0769. The van der Waals surface area contributed by atoms with E-state index in [9.17, 15) is 24.5 Å². The van der Waals surface area contributed by atoms with Crippen molar-refractivity contribution in [2.24, 2.45) is 4.99 Å². The van der Waals surface area contributed by atoms with Crippen molar-refractivity contribution < 1.29 is 24.0 Å². The van der Waals surface area contributed by atoms with E-state index in [0.29, 0.717) is 0 Å². The van der Waals surface area contributed by atoms with E-state index in [1.54, 1.807) is 0 Å². The van der Waals surface area contributed by atoms with Crippen LogP contribution in [0.4, 0.5) is 5.69 Å². The number of benzene rings is 1. The smallest absolute Gasteiger partial charge is 0.331 e. The third-order valence-corrected chi connectivity index (χ3v) is 3.52. The number of nitrogens with zero attached hydrogens (tertiary/aromatic N) is 2. The maximum absolute atomic E-state index is 12.0. The number of aliphatic imine (C=N–C) groups is 1. The number of ether oxygens (including phenoxy) is 1. The molecule has 0 aromatic heterocycles. The molecule has 1 N–H and O–H groups in total. The molecule has 1 aliphatic heterocycles. The summed E-state index contributed by atoms with van der Waals surface area (Å²) in [6.07, 6.45) is 0.973. The van der Waals surface area contributed by atoms with Crippen molar-refractivity contribution in [1.29, 1.82) is 0 Å². The molecule has 0 bridgehead atoms. The molecule has 23 heavy (non-hydrogen) atoms. The predicted molar refractivity (Wildman–Crippen MR) is 80.7 cm³/mol. The minimum Gasteiger partial charge on any atom is -0.466 e. The standard InChI is InChI=1S/C13H9N3O6S/c1-22-10(17)6-9-12(19)15-13(23-9)14-11(18)7-3-2-4-8(5-7)16(20)21/h2-6H,1H3,(H,14,15,18,19). The summed E-state index contributed by atoms with van der Waals surface area (Å²) in [5.41, 5.74) is -0.239. The quantitative estimate of drug-likeness (QED) is 0.378. The molecule has 1 heterocycles. The lowest BCUT2D eigenvalue weighted by Crippen LogP contribution is -2.21. The fourth-order valence-corrected chi connectivity index (χ4v) is 2.34. The second-order valence-corrected chi connectivity index (χ2v) is 5.15. The summed E-state index contributed by atoms with van der Waals surface area (Å²) in [6, 6.07) is 5.05. The van der Waals surface area contributed by atoms with E-state index in [-0.39, 0.29) is 21.3 Å². The van der Waals surface area contributed by atoms with Gasteiger partial charge in [0.15, 0.2) is 5.17 Å². The first-order valence-corrected chi connectivity index (χ1v) is 6.88. The van der Waals surface area contributed by atoms with Crippen molar-refractivity contribution >= 4 is 40.4 Å². The summed E-state index contributed by atoms with van der Waals surface area (Å²) in [4.78, 5) is 48.4. The van der Waals surface area contributed by atoms with Gasteiger partial charge in [0.2, 0.25) is 0 Å². The van der Waals surface area contributed by atoms with Crippen LogP contribution < -0.4 is 5.32 Å². The Kier molecular flexibility index (Phi) is 4.86. The lowest BCUT2D eigenvalue weighted by atomic mass is 10.2. The maximum atomic E-state index is 12.0. The second kappa shape index (κ2) is 6.83. The van der Waals surface area contributed by atoms with Crippen LogP contribution in [0.15, 0.2) is 40.2 Å². The number of amidine groups is 1. The number of methoxy groups -OCH3 is 1. The molecule has 2 amide bonds. The Labute approximate surface area is 133 Å². The van der Waals surface area contributed by atoms with E-state index in [2.05, 4.69) is 15.0 Å². The van der Waals surface area contributed by atoms with Crippen LogP contribution in [0.5, 0.6) is 0 Å². The average Bonchev–Trinajstić information content (AvgIpc) is 2.86. The number of esters is 1. The van der Waals surface area contributed by atoms with E-state index >= 15 is 0 Å². The molecule has 0 spiro atoms. The zero-order valence-electron chi connectivity index (χ0n) is 11.6. The van der Waals surface area contributed by atoms with Crippen LogP contribution in [0.25, 0.3) is 0 Å². The molecule has 2 rings (SSSR count). The van der Waals surface area contributed by atoms with Gasteiger partial charge in [-0.15, -0.1) is 0 Å². The van der Waals surface area contributed by atoms with E-state index < -0.39 is 22.7 Å². The molecule has 0 saturated carbocycles. The SMILES string of the molecule is COC(=O)C=C1SC(=NC(=O)c2cccc([N+](=O)[O-])c2)NC1=O. The third kappa shape index (κ3) is 4.01. The lowest BCUT2D eigenvalue weighted by Gasteiger charge is -1.97. The molecule has 1 aromatic carbocycles. The Morgan fingerprint density at radius 1 is 1.43 bits per heavy atom. The monoisotopic (exact) mass is 335 g/mol. The molecule has 118 valence electrons. The van der Waals surface area contributed by atoms with Gasteiger partial charge in [-0.05, 0) is 17.8 Å². The topological polar surface area (TPSA) is 128 Å². The molecule has 10 heteroatoms. The Morgan fingerprint density at radius 2 is 2.17 bits per heavy atom. The first-order valence-electron chi connectivity index (χ1n) is 6.07. The molecule has 1 fully saturated rings. The maximum Gasteiger partial charge on any atom is 0.331 e. The van der Waals surface area contributed by atoms with E-state index in [1.807, 2.05) is 0 Å². The number of carbonyl (C=O) groups is 3. The molecule has 1 aromatic rings. The van der Waals surface area contributed by atoms with Gasteiger partial charge in [0, 0.05) is 23.8 Å². The fourth-order valence-electron chi connectivity index (χ4n) is 1.56. The van der Waals surface area contributed by atoms with E-state index in [4.69, 9.17) is 0 Å². The predicted octanol–water partition coefficient (Wildman–Crippen LogP) is 1.01. The van der Waals surface area contributed by atoms with E-state index in [0.717, 1.165) is 31.0 Å². The van der Waals surface area contributed by atoms with Gasteiger partial charge in [0.1, 0.15) is 0 Å². The minimum atomic E-state index is -0.754. The summed E-state index contributed by atoms with van der Waals surface area (Å²) in [6.45, 7) is 0. The molecule has 9 nitrogen and oxygen atoms in total. The summed E-state index contributed by atoms with van der Waals surface area (Å²) >= 11 is 0.791. The Morgan fingerprint density at radius 3 is 2.83 bits per heavy atom. The van der Waals surface area contributed by atoms with Crippen LogP contribution >= 0.6 is 11.8 Å². The van der Waals surface area contributed by atoms with Crippen LogP contribution in [-0.2, 0) is 14.3 Å². The number of non-ortho nitro benzene ring substituents is 1. The zero-order valence-corrected chi connectivity index (χ0v) is 12.5. The van der Waals surface area contributed by atoms with Gasteiger partial charge in [-0.2, -0.15) is 4.99 Å². The van der Waals surface area contributed by atoms with Crippen molar-refractivity contribution in [2.75, 3.05) is 7.11 Å². The number of amides is 2. The van der Waals surface area contributed by atoms with E-state index in [1.165, 1.54) is 18.2 Å². The van der Waals surface area contributed by atoms with Crippen molar-refractivity contribution in [3.05, 3.63) is 50.9 Å².